The van der Waals surface area contributed by atoms with Gasteiger partial charge in [0.25, 0.3) is 0 Å². The largest absolute Gasteiger partial charge is 0.338 e. The SMILES string of the molecule is CCCCNCCCCNC(=O)NCCCC. The van der Waals surface area contributed by atoms with Gasteiger partial charge in [-0.3, -0.25) is 0 Å². The molecule has 3 N–H and O–H groups in total. The van der Waals surface area contributed by atoms with Crippen LogP contribution in [-0.2, 0) is 0 Å². The van der Waals surface area contributed by atoms with Crippen molar-refractivity contribution >= 4 is 6.03 Å². The number of urea groups is 1. The molecule has 0 bridgehead atoms. The van der Waals surface area contributed by atoms with Gasteiger partial charge >= 0.3 is 6.03 Å². The summed E-state index contributed by atoms with van der Waals surface area (Å²) < 4.78 is 0. The Morgan fingerprint density at radius 3 is 1.88 bits per heavy atom. The average Bonchev–Trinajstić information content (AvgIpc) is 2.33. The predicted octanol–water partition coefficient (Wildman–Crippen LogP) is 2.26. The molecule has 4 heteroatoms. The van der Waals surface area contributed by atoms with E-state index in [0.717, 1.165) is 51.9 Å². The van der Waals surface area contributed by atoms with Crippen LogP contribution in [0.1, 0.15) is 52.4 Å². The second-order valence-corrected chi connectivity index (χ2v) is 4.35. The number of nitrogens with one attached hydrogen (secondary N) is 3. The molecule has 0 aromatic carbocycles. The minimum atomic E-state index is -0.0302. The number of rotatable bonds is 11. The summed E-state index contributed by atoms with van der Waals surface area (Å²) in [5.41, 5.74) is 0. The van der Waals surface area contributed by atoms with Crippen molar-refractivity contribution in [3.8, 4) is 0 Å². The van der Waals surface area contributed by atoms with Crippen molar-refractivity contribution < 1.29 is 4.79 Å². The molecule has 0 fully saturated rings. The first-order chi connectivity index (χ1) is 8.31. The molecule has 0 aliphatic heterocycles. The maximum Gasteiger partial charge on any atom is 0.314 e. The zero-order valence-electron chi connectivity index (χ0n) is 11.5. The van der Waals surface area contributed by atoms with Crippen molar-refractivity contribution in [2.45, 2.75) is 52.4 Å². The van der Waals surface area contributed by atoms with Gasteiger partial charge in [0.15, 0.2) is 0 Å². The first-order valence-electron chi connectivity index (χ1n) is 7.03. The lowest BCUT2D eigenvalue weighted by atomic mass is 10.3. The molecular weight excluding hydrogens is 214 g/mol. The number of carbonyl (C=O) groups excluding carboxylic acids is 1. The van der Waals surface area contributed by atoms with Crippen LogP contribution < -0.4 is 16.0 Å². The van der Waals surface area contributed by atoms with Crippen LogP contribution in [0.3, 0.4) is 0 Å². The molecule has 4 nitrogen and oxygen atoms in total. The van der Waals surface area contributed by atoms with Crippen molar-refractivity contribution in [3.63, 3.8) is 0 Å². The topological polar surface area (TPSA) is 53.2 Å². The van der Waals surface area contributed by atoms with Gasteiger partial charge in [-0.1, -0.05) is 26.7 Å². The molecule has 0 saturated carbocycles. The van der Waals surface area contributed by atoms with E-state index < -0.39 is 0 Å². The fraction of sp³-hybridized carbons (Fsp3) is 0.923. The third-order valence-corrected chi connectivity index (χ3v) is 2.59. The molecule has 102 valence electrons. The molecule has 0 saturated heterocycles. The molecule has 0 aromatic rings. The lowest BCUT2D eigenvalue weighted by Crippen LogP contribution is -2.36. The molecule has 0 unspecified atom stereocenters. The molecule has 0 aliphatic carbocycles. The fourth-order valence-electron chi connectivity index (χ4n) is 1.44. The van der Waals surface area contributed by atoms with E-state index in [4.69, 9.17) is 0 Å². The van der Waals surface area contributed by atoms with Gasteiger partial charge in [-0.25, -0.2) is 4.79 Å². The van der Waals surface area contributed by atoms with Crippen LogP contribution in [-0.4, -0.2) is 32.2 Å². The maximum atomic E-state index is 11.3. The number of unbranched alkanes of at least 4 members (excludes halogenated alkanes) is 3. The van der Waals surface area contributed by atoms with E-state index >= 15 is 0 Å². The summed E-state index contributed by atoms with van der Waals surface area (Å²) in [5, 5.41) is 9.09. The lowest BCUT2D eigenvalue weighted by Gasteiger charge is -2.07. The van der Waals surface area contributed by atoms with Crippen LogP contribution >= 0.6 is 0 Å². The molecular formula is C13H29N3O. The smallest absolute Gasteiger partial charge is 0.314 e. The molecule has 0 aromatic heterocycles. The van der Waals surface area contributed by atoms with Gasteiger partial charge in [0.05, 0.1) is 0 Å². The minimum Gasteiger partial charge on any atom is -0.338 e. The van der Waals surface area contributed by atoms with E-state index in [9.17, 15) is 4.79 Å². The first kappa shape index (κ1) is 16.2. The molecule has 0 radical (unpaired) electrons. The summed E-state index contributed by atoms with van der Waals surface area (Å²) in [4.78, 5) is 11.3. The highest BCUT2D eigenvalue weighted by atomic mass is 16.2. The van der Waals surface area contributed by atoms with Crippen LogP contribution in [0.25, 0.3) is 0 Å². The number of hydrogen-bond acceptors (Lipinski definition) is 2. The van der Waals surface area contributed by atoms with Gasteiger partial charge in [0.2, 0.25) is 0 Å². The summed E-state index contributed by atoms with van der Waals surface area (Å²) in [5.74, 6) is 0. The fourth-order valence-corrected chi connectivity index (χ4v) is 1.44. The summed E-state index contributed by atoms with van der Waals surface area (Å²) in [7, 11) is 0. The van der Waals surface area contributed by atoms with Gasteiger partial charge < -0.3 is 16.0 Å². The Bertz CT molecular complexity index is 174. The van der Waals surface area contributed by atoms with Crippen LogP contribution in [0.15, 0.2) is 0 Å². The maximum absolute atomic E-state index is 11.3. The Labute approximate surface area is 106 Å². The van der Waals surface area contributed by atoms with Crippen LogP contribution in [0.2, 0.25) is 0 Å². The monoisotopic (exact) mass is 243 g/mol. The van der Waals surface area contributed by atoms with Gasteiger partial charge in [-0.15, -0.1) is 0 Å². The van der Waals surface area contributed by atoms with E-state index in [1.807, 2.05) is 0 Å². The third-order valence-electron chi connectivity index (χ3n) is 2.59. The van der Waals surface area contributed by atoms with Crippen molar-refractivity contribution in [1.29, 1.82) is 0 Å². The normalized spacial score (nSPS) is 10.2. The molecule has 0 aliphatic rings. The van der Waals surface area contributed by atoms with Crippen LogP contribution in [0.4, 0.5) is 4.79 Å². The summed E-state index contributed by atoms with van der Waals surface area (Å²) in [6.45, 7) is 8.03. The van der Waals surface area contributed by atoms with Gasteiger partial charge in [-0.2, -0.15) is 0 Å². The zero-order valence-corrected chi connectivity index (χ0v) is 11.5. The minimum absolute atomic E-state index is 0.0302. The Kier molecular flexibility index (Phi) is 12.7. The molecule has 0 spiro atoms. The van der Waals surface area contributed by atoms with E-state index in [1.54, 1.807) is 0 Å². The molecule has 17 heavy (non-hydrogen) atoms. The second kappa shape index (κ2) is 13.3. The van der Waals surface area contributed by atoms with E-state index in [2.05, 4.69) is 29.8 Å². The van der Waals surface area contributed by atoms with Gasteiger partial charge in [0.1, 0.15) is 0 Å². The van der Waals surface area contributed by atoms with Crippen LogP contribution in [0.5, 0.6) is 0 Å². The summed E-state index contributed by atoms with van der Waals surface area (Å²) in [6, 6.07) is -0.0302. The highest BCUT2D eigenvalue weighted by Crippen LogP contribution is 1.87. The van der Waals surface area contributed by atoms with Gasteiger partial charge in [-0.05, 0) is 38.8 Å². The molecule has 0 rings (SSSR count). The third kappa shape index (κ3) is 13.2. The zero-order chi connectivity index (χ0) is 12.8. The number of hydrogen-bond donors (Lipinski definition) is 3. The van der Waals surface area contributed by atoms with Crippen LogP contribution in [0, 0.1) is 0 Å². The predicted molar refractivity (Wildman–Crippen MR) is 73.3 cm³/mol. The van der Waals surface area contributed by atoms with Crippen molar-refractivity contribution in [1.82, 2.24) is 16.0 Å². The molecule has 0 atom stereocenters. The van der Waals surface area contributed by atoms with Crippen molar-refractivity contribution in [3.05, 3.63) is 0 Å². The second-order valence-electron chi connectivity index (χ2n) is 4.35. The summed E-state index contributed by atoms with van der Waals surface area (Å²) >= 11 is 0. The summed E-state index contributed by atoms with van der Waals surface area (Å²) in [6.07, 6.45) is 6.82. The Hall–Kier alpha value is -0.770. The van der Waals surface area contributed by atoms with Gasteiger partial charge in [0, 0.05) is 13.1 Å². The van der Waals surface area contributed by atoms with E-state index in [-0.39, 0.29) is 6.03 Å². The molecule has 0 heterocycles. The van der Waals surface area contributed by atoms with E-state index in [0.29, 0.717) is 0 Å². The average molecular weight is 243 g/mol. The quantitative estimate of drug-likeness (QED) is 0.488. The highest BCUT2D eigenvalue weighted by molar-refractivity contribution is 5.73. The van der Waals surface area contributed by atoms with Crippen molar-refractivity contribution in [2.24, 2.45) is 0 Å². The van der Waals surface area contributed by atoms with Crippen molar-refractivity contribution in [2.75, 3.05) is 26.2 Å². The standard InChI is InChI=1S/C13H29N3O/c1-3-5-9-14-10-7-8-12-16-13(17)15-11-6-4-2/h14H,3-12H2,1-2H3,(H2,15,16,17). The lowest BCUT2D eigenvalue weighted by molar-refractivity contribution is 0.240. The first-order valence-corrected chi connectivity index (χ1v) is 7.03. The highest BCUT2D eigenvalue weighted by Gasteiger charge is 1.97. The number of carbonyl (C=O) groups is 1. The molecule has 2 amide bonds. The Morgan fingerprint density at radius 1 is 0.765 bits per heavy atom. The Balaban J connectivity index is 3.08. The Morgan fingerprint density at radius 2 is 1.24 bits per heavy atom. The van der Waals surface area contributed by atoms with E-state index in [1.165, 1.54) is 12.8 Å². The number of amides is 2.